The van der Waals surface area contributed by atoms with Crippen molar-refractivity contribution in [1.82, 2.24) is 20.2 Å². The molecule has 1 aromatic heterocycles. The quantitative estimate of drug-likeness (QED) is 0.0570. The molecule has 1 aromatic carbocycles. The van der Waals surface area contributed by atoms with Gasteiger partial charge in [0.2, 0.25) is 41.4 Å². The first-order chi connectivity index (χ1) is 42.3. The molecule has 0 saturated carbocycles. The Labute approximate surface area is 529 Å². The van der Waals surface area contributed by atoms with Crippen LogP contribution in [0.3, 0.4) is 0 Å². The zero-order valence-electron chi connectivity index (χ0n) is 54.0. The van der Waals surface area contributed by atoms with Crippen LogP contribution in [0.15, 0.2) is 67.8 Å². The number of aliphatic hydroxyl groups excluding tert-OH is 2. The van der Waals surface area contributed by atoms with Crippen LogP contribution in [0.25, 0.3) is 11.0 Å². The number of hydrogen-bond donors (Lipinski definition) is 11. The molecule has 0 radical (unpaired) electrons. The van der Waals surface area contributed by atoms with Gasteiger partial charge in [-0.25, -0.2) is 9.55 Å². The fourth-order valence-electron chi connectivity index (χ4n) is 15.7. The van der Waals surface area contributed by atoms with Gasteiger partial charge in [-0.15, -0.1) is 0 Å². The van der Waals surface area contributed by atoms with Gasteiger partial charge in [-0.2, -0.15) is 0 Å². The fraction of sp³-hybridized carbons (Fsp3) is 0.635. The Kier molecular flexibility index (Phi) is 20.1. The molecule has 28 heteroatoms. The van der Waals surface area contributed by atoms with E-state index in [2.05, 4.69) is 15.6 Å². The van der Waals surface area contributed by atoms with Crippen LogP contribution in [0.1, 0.15) is 157 Å². The second-order valence-electron chi connectivity index (χ2n) is 27.4. The van der Waals surface area contributed by atoms with E-state index in [1.807, 2.05) is 87.4 Å². The molecular weight excluding hydrogens is 1190 g/mol. The van der Waals surface area contributed by atoms with Gasteiger partial charge in [0.25, 0.3) is 0 Å². The molecule has 6 aliphatic rings. The van der Waals surface area contributed by atoms with Crippen molar-refractivity contribution in [1.29, 1.82) is 0 Å². The van der Waals surface area contributed by atoms with Gasteiger partial charge in [0.1, 0.15) is 18.3 Å². The van der Waals surface area contributed by atoms with Crippen LogP contribution in [0.4, 0.5) is 0 Å². The number of fused-ring (bicyclic) bond motifs is 7. The van der Waals surface area contributed by atoms with Crippen LogP contribution < -0.4 is 45.0 Å². The Morgan fingerprint density at radius 1 is 0.802 bits per heavy atom. The molecule has 498 valence electrons. The van der Waals surface area contributed by atoms with E-state index in [1.54, 1.807) is 4.57 Å². The number of hydrogen-bond acceptors (Lipinski definition) is 18. The van der Waals surface area contributed by atoms with Gasteiger partial charge in [-0.1, -0.05) is 34.6 Å². The molecule has 15 unspecified atom stereocenters. The number of nitrogens with zero attached hydrogens (tertiary/aromatic N) is 5. The number of aromatic nitrogens is 2. The summed E-state index contributed by atoms with van der Waals surface area (Å²) >= 11 is 0. The highest BCUT2D eigenvalue weighted by Crippen LogP contribution is 2.63. The average molecular weight is 1290 g/mol. The number of rotatable bonds is 27. The summed E-state index contributed by atoms with van der Waals surface area (Å²) in [6.45, 7) is 19.6. The maximum absolute atomic E-state index is 14.0. The number of benzene rings is 1. The zero-order chi connectivity index (χ0) is 67.4. The summed E-state index contributed by atoms with van der Waals surface area (Å²) < 4.78 is 32.1. The number of phosphoric acid groups is 1. The first-order valence-electron chi connectivity index (χ1n) is 31.1. The summed E-state index contributed by atoms with van der Waals surface area (Å²) in [5.41, 5.74) is 37.9. The highest BCUT2D eigenvalue weighted by atomic mass is 31.2. The second kappa shape index (κ2) is 26.2. The number of imidazole rings is 1. The molecule has 2 aromatic rings. The summed E-state index contributed by atoms with van der Waals surface area (Å²) in [4.78, 5) is 125. The van der Waals surface area contributed by atoms with Gasteiger partial charge < -0.3 is 69.4 Å². The second-order valence-corrected chi connectivity index (χ2v) is 28.8. The lowest BCUT2D eigenvalue weighted by Crippen LogP contribution is -2.56. The molecule has 0 aliphatic carbocycles. The van der Waals surface area contributed by atoms with Gasteiger partial charge in [-0.05, 0) is 114 Å². The largest absolute Gasteiger partial charge is 0.472 e. The van der Waals surface area contributed by atoms with E-state index in [0.717, 1.165) is 11.1 Å². The molecule has 91 heavy (non-hydrogen) atoms. The van der Waals surface area contributed by atoms with Crippen LogP contribution in [0.5, 0.6) is 0 Å². The van der Waals surface area contributed by atoms with Gasteiger partial charge in [0.05, 0.1) is 41.7 Å². The van der Waals surface area contributed by atoms with Gasteiger partial charge >= 0.3 is 7.82 Å². The summed E-state index contributed by atoms with van der Waals surface area (Å²) in [7, 11) is -5.02. The van der Waals surface area contributed by atoms with Crippen LogP contribution in [-0.2, 0) is 51.9 Å². The SMILES string of the molecule is CC1=C2N=C(C=C3NC(=C(C)C4=NC(C)(C5N=C1C(C)(CCCC(=O)NCC(C)OP(=O)(O)OC1C(CO)OC(n6cnc7cc(C)c(C)cc76)C1O)C5CC(N)=O)C(C)(CC(N)=O)C4CCC(N)=O)C(C)(CC(N)=O)C3CCC(N)=O)C(C)(C)C2CCC(N)=O. The highest BCUT2D eigenvalue weighted by Gasteiger charge is 2.66. The number of nitrogens with one attached hydrogen (secondary N) is 2. The third kappa shape index (κ3) is 13.5. The van der Waals surface area contributed by atoms with E-state index in [4.69, 9.17) is 63.2 Å². The summed E-state index contributed by atoms with van der Waals surface area (Å²) in [6, 6.07) is 2.76. The van der Waals surface area contributed by atoms with E-state index in [0.29, 0.717) is 56.4 Å². The van der Waals surface area contributed by atoms with E-state index in [-0.39, 0.29) is 83.6 Å². The zero-order valence-corrected chi connectivity index (χ0v) is 54.9. The van der Waals surface area contributed by atoms with Crippen molar-refractivity contribution >= 4 is 77.3 Å². The third-order valence-electron chi connectivity index (χ3n) is 20.8. The molecule has 8 rings (SSSR count). The normalized spacial score (nSPS) is 31.8. The molecule has 27 nitrogen and oxygen atoms in total. The minimum Gasteiger partial charge on any atom is -0.394 e. The van der Waals surface area contributed by atoms with Gasteiger partial charge in [0, 0.05) is 131 Å². The van der Waals surface area contributed by atoms with Gasteiger partial charge in [0.15, 0.2) is 6.23 Å². The standard InChI is InChI=1S/C63H92N13O14P/c1-30-21-40-41(22-31(30)2)76(29-71-40)58-53(85)54(42(28-77)88-58)90-91(86,87)89-32(3)27-70-50(84)13-12-20-60(8)38(23-47(67)81)57-63(11)62(10,26-49(69)83)37(16-19-46(66)80)52(75-63)34(5)56-61(9,25-48(68)82)35(14-17-44(64)78)39(72-56)24-43-59(6,7)36(15-18-45(65)79)51(73-43)33(4)55(60)74-57/h21-22,24,29,32,35-38,42,53-54,57-58,72,77,85H,12-20,23,25-28H2,1-11H3,(H2,64,78)(H2,65,79)(H2,66,80)(H2,67,81)(H2,68,82)(H2,69,83)(H,70,84)(H,86,87). The summed E-state index contributed by atoms with van der Waals surface area (Å²) in [6.07, 6.45) is -3.43. The summed E-state index contributed by atoms with van der Waals surface area (Å²) in [5.74, 6) is -6.86. The molecule has 2 saturated heterocycles. The lowest BCUT2D eigenvalue weighted by atomic mass is 9.55. The Hall–Kier alpha value is -7.00. The van der Waals surface area contributed by atoms with Crippen molar-refractivity contribution in [2.75, 3.05) is 13.2 Å². The Balaban J connectivity index is 1.16. The molecule has 8 bridgehead atoms. The van der Waals surface area contributed by atoms with E-state index >= 15 is 0 Å². The van der Waals surface area contributed by atoms with E-state index in [9.17, 15) is 53.2 Å². The predicted molar refractivity (Wildman–Crippen MR) is 338 cm³/mol. The van der Waals surface area contributed by atoms with Crippen LogP contribution in [0.2, 0.25) is 0 Å². The van der Waals surface area contributed by atoms with Crippen molar-refractivity contribution in [2.24, 2.45) is 94.7 Å². The number of aryl methyl sites for hydroxylation is 2. The fourth-order valence-corrected chi connectivity index (χ4v) is 16.8. The Bertz CT molecular complexity index is 3560. The Morgan fingerprint density at radius 2 is 1.41 bits per heavy atom. The number of phosphoric ester groups is 1. The lowest BCUT2D eigenvalue weighted by Gasteiger charge is -2.48. The van der Waals surface area contributed by atoms with Crippen molar-refractivity contribution in [2.45, 2.75) is 195 Å². The molecule has 0 spiro atoms. The molecular formula is C63H92N13O14P. The van der Waals surface area contributed by atoms with Crippen molar-refractivity contribution < 1.29 is 67.0 Å². The molecule has 15 atom stereocenters. The minimum absolute atomic E-state index is 0.0217. The Morgan fingerprint density at radius 3 is 2.00 bits per heavy atom. The van der Waals surface area contributed by atoms with Crippen molar-refractivity contribution in [3.8, 4) is 0 Å². The highest BCUT2D eigenvalue weighted by molar-refractivity contribution is 7.47. The van der Waals surface area contributed by atoms with E-state index < -0.39 is 143 Å². The van der Waals surface area contributed by atoms with Crippen molar-refractivity contribution in [3.05, 3.63) is 63.9 Å². The summed E-state index contributed by atoms with van der Waals surface area (Å²) in [5, 5.41) is 28.1. The number of ether oxygens (including phenoxy) is 1. The van der Waals surface area contributed by atoms with Gasteiger partial charge in [-0.3, -0.25) is 57.6 Å². The topological polar surface area (TPSA) is 460 Å². The number of allylic oxidation sites excluding steroid dienone is 6. The molecule has 17 N–H and O–H groups in total. The first-order valence-corrected chi connectivity index (χ1v) is 32.6. The third-order valence-corrected chi connectivity index (χ3v) is 22.0. The number of amides is 7. The molecule has 2 fully saturated rings. The number of aliphatic imine (C=N–C) groups is 3. The molecule has 7 heterocycles. The van der Waals surface area contributed by atoms with Crippen molar-refractivity contribution in [3.63, 3.8) is 0 Å². The minimum atomic E-state index is -5.02. The number of carbonyl (C=O) groups is 7. The number of primary amides is 6. The number of carbonyl (C=O) groups excluding carboxylic acids is 7. The van der Waals surface area contributed by atoms with Crippen LogP contribution >= 0.6 is 7.82 Å². The maximum Gasteiger partial charge on any atom is 0.472 e. The van der Waals surface area contributed by atoms with Crippen LogP contribution in [-0.4, -0.2) is 132 Å². The smallest absolute Gasteiger partial charge is 0.394 e. The number of aliphatic hydroxyl groups is 2. The molecule has 6 aliphatic heterocycles. The monoisotopic (exact) mass is 1290 g/mol. The lowest BCUT2D eigenvalue weighted by molar-refractivity contribution is -0.123. The maximum atomic E-state index is 14.0. The first kappa shape index (κ1) is 69.9. The average Bonchev–Trinajstić information content (AvgIpc) is 1.54. The molecule has 7 amide bonds. The van der Waals surface area contributed by atoms with Crippen LogP contribution in [0, 0.1) is 59.2 Å². The predicted octanol–water partition coefficient (Wildman–Crippen LogP) is 3.55. The number of nitrogens with two attached hydrogens (primary N) is 6. The van der Waals surface area contributed by atoms with E-state index in [1.165, 1.54) is 13.3 Å².